The van der Waals surface area contributed by atoms with Crippen molar-refractivity contribution in [2.24, 2.45) is 5.92 Å². The molecule has 150 valence electrons. The molecule has 4 aromatic rings. The summed E-state index contributed by atoms with van der Waals surface area (Å²) in [6.45, 7) is 0.899. The molecule has 0 bridgehead atoms. The average molecular weight is 398 g/mol. The Balaban J connectivity index is 1.31. The summed E-state index contributed by atoms with van der Waals surface area (Å²) in [7, 11) is 0. The number of hydrogen-bond acceptors (Lipinski definition) is 4. The van der Waals surface area contributed by atoms with Crippen LogP contribution in [0.5, 0.6) is 0 Å². The van der Waals surface area contributed by atoms with E-state index in [1.807, 2.05) is 65.5 Å². The van der Waals surface area contributed by atoms with Crippen molar-refractivity contribution in [2.75, 3.05) is 13.1 Å². The molecule has 2 atom stereocenters. The molecule has 6 heteroatoms. The van der Waals surface area contributed by atoms with Crippen molar-refractivity contribution in [1.82, 2.24) is 19.4 Å². The van der Waals surface area contributed by atoms with Gasteiger partial charge in [-0.3, -0.25) is 9.78 Å². The summed E-state index contributed by atoms with van der Waals surface area (Å²) in [5.41, 5.74) is 3.69. The fourth-order valence-corrected chi connectivity index (χ4v) is 4.21. The van der Waals surface area contributed by atoms with Crippen molar-refractivity contribution >= 4 is 16.8 Å². The molecule has 1 aliphatic rings. The number of aliphatic hydroxyl groups excluding tert-OH is 1. The van der Waals surface area contributed by atoms with E-state index in [-0.39, 0.29) is 11.8 Å². The summed E-state index contributed by atoms with van der Waals surface area (Å²) >= 11 is 0. The molecule has 2 aromatic heterocycles. The largest absolute Gasteiger partial charge is 0.391 e. The maximum absolute atomic E-state index is 13.0. The first-order valence-electron chi connectivity index (χ1n) is 10.1. The molecule has 30 heavy (non-hydrogen) atoms. The molecule has 1 amide bonds. The van der Waals surface area contributed by atoms with Gasteiger partial charge in [0.25, 0.3) is 5.91 Å². The number of hydrogen-bond donors (Lipinski definition) is 1. The lowest BCUT2D eigenvalue weighted by Crippen LogP contribution is -2.29. The number of aliphatic hydroxyl groups is 1. The van der Waals surface area contributed by atoms with Gasteiger partial charge in [0, 0.05) is 54.2 Å². The lowest BCUT2D eigenvalue weighted by molar-refractivity contribution is 0.0764. The number of para-hydroxylation sites is 1. The number of amides is 1. The maximum atomic E-state index is 13.0. The molecular formula is C24H22N4O2. The van der Waals surface area contributed by atoms with Crippen molar-refractivity contribution in [3.05, 3.63) is 90.6 Å². The van der Waals surface area contributed by atoms with Gasteiger partial charge in [-0.2, -0.15) is 0 Å². The second-order valence-corrected chi connectivity index (χ2v) is 7.75. The van der Waals surface area contributed by atoms with Crippen LogP contribution >= 0.6 is 0 Å². The lowest BCUT2D eigenvalue weighted by Gasteiger charge is -2.17. The van der Waals surface area contributed by atoms with Gasteiger partial charge in [-0.15, -0.1) is 0 Å². The third-order valence-electron chi connectivity index (χ3n) is 5.83. The van der Waals surface area contributed by atoms with E-state index < -0.39 is 6.10 Å². The third-order valence-corrected chi connectivity index (χ3v) is 5.83. The molecule has 1 fully saturated rings. The van der Waals surface area contributed by atoms with Crippen LogP contribution in [0, 0.1) is 5.92 Å². The Kier molecular flexibility index (Phi) is 4.77. The minimum Gasteiger partial charge on any atom is -0.391 e. The Morgan fingerprint density at radius 1 is 1.03 bits per heavy atom. The van der Waals surface area contributed by atoms with Gasteiger partial charge in [-0.05, 0) is 48.4 Å². The van der Waals surface area contributed by atoms with Crippen molar-refractivity contribution < 1.29 is 9.90 Å². The maximum Gasteiger partial charge on any atom is 0.253 e. The summed E-state index contributed by atoms with van der Waals surface area (Å²) in [6.07, 6.45) is 7.29. The zero-order chi connectivity index (χ0) is 20.5. The van der Waals surface area contributed by atoms with Crippen molar-refractivity contribution in [3.8, 4) is 5.69 Å². The molecule has 0 spiro atoms. The number of benzene rings is 2. The second-order valence-electron chi connectivity index (χ2n) is 7.75. The topological polar surface area (TPSA) is 71.2 Å². The van der Waals surface area contributed by atoms with Crippen LogP contribution in [0.25, 0.3) is 16.6 Å². The van der Waals surface area contributed by atoms with Crippen LogP contribution in [0.1, 0.15) is 15.9 Å². The Labute approximate surface area is 174 Å². The number of carbonyl (C=O) groups excluding carboxylic acids is 1. The predicted octanol–water partition coefficient (Wildman–Crippen LogP) is 3.10. The highest BCUT2D eigenvalue weighted by Gasteiger charge is 2.34. The van der Waals surface area contributed by atoms with E-state index in [2.05, 4.69) is 16.0 Å². The molecule has 0 unspecified atom stereocenters. The summed E-state index contributed by atoms with van der Waals surface area (Å²) in [4.78, 5) is 23.2. The lowest BCUT2D eigenvalue weighted by atomic mass is 9.94. The number of carbonyl (C=O) groups is 1. The van der Waals surface area contributed by atoms with Crippen LogP contribution in [-0.2, 0) is 6.42 Å². The van der Waals surface area contributed by atoms with E-state index in [1.54, 1.807) is 17.4 Å². The number of likely N-dealkylation sites (tertiary alicyclic amines) is 1. The number of nitrogens with zero attached hydrogens (tertiary/aromatic N) is 4. The van der Waals surface area contributed by atoms with Crippen LogP contribution in [0.2, 0.25) is 0 Å². The Morgan fingerprint density at radius 2 is 1.87 bits per heavy atom. The molecule has 5 rings (SSSR count). The van der Waals surface area contributed by atoms with Crippen molar-refractivity contribution in [1.29, 1.82) is 0 Å². The molecule has 3 heterocycles. The first-order chi connectivity index (χ1) is 14.7. The summed E-state index contributed by atoms with van der Waals surface area (Å²) < 4.78 is 1.89. The Morgan fingerprint density at radius 3 is 2.67 bits per heavy atom. The molecule has 1 N–H and O–H groups in total. The number of β-amino-alcohol motifs (C(OH)–C–C–N with tert-alkyl or cyclic N) is 1. The normalized spacial score (nSPS) is 18.8. The van der Waals surface area contributed by atoms with Gasteiger partial charge >= 0.3 is 0 Å². The quantitative estimate of drug-likeness (QED) is 0.573. The molecule has 0 radical (unpaired) electrons. The average Bonchev–Trinajstić information content (AvgIpc) is 3.44. The molecule has 0 saturated carbocycles. The number of rotatable bonds is 4. The number of aromatic nitrogens is 3. The van der Waals surface area contributed by atoms with E-state index in [4.69, 9.17) is 0 Å². The van der Waals surface area contributed by atoms with Crippen LogP contribution in [0.4, 0.5) is 0 Å². The van der Waals surface area contributed by atoms with Crippen LogP contribution in [-0.4, -0.2) is 49.6 Å². The highest BCUT2D eigenvalue weighted by atomic mass is 16.3. The Bertz CT molecular complexity index is 1170. The number of pyridine rings is 1. The monoisotopic (exact) mass is 398 g/mol. The number of imidazole rings is 1. The predicted molar refractivity (Wildman–Crippen MR) is 114 cm³/mol. The van der Waals surface area contributed by atoms with Crippen LogP contribution in [0.15, 0.2) is 79.5 Å². The zero-order valence-electron chi connectivity index (χ0n) is 16.4. The van der Waals surface area contributed by atoms with E-state index in [1.165, 1.54) is 0 Å². The van der Waals surface area contributed by atoms with Gasteiger partial charge in [0.2, 0.25) is 0 Å². The van der Waals surface area contributed by atoms with E-state index in [0.717, 1.165) is 22.2 Å². The third kappa shape index (κ3) is 3.46. The van der Waals surface area contributed by atoms with Gasteiger partial charge in [-0.25, -0.2) is 4.98 Å². The van der Waals surface area contributed by atoms with Crippen molar-refractivity contribution in [2.45, 2.75) is 12.5 Å². The fourth-order valence-electron chi connectivity index (χ4n) is 4.21. The highest BCUT2D eigenvalue weighted by molar-refractivity contribution is 5.94. The van der Waals surface area contributed by atoms with E-state index in [9.17, 15) is 9.90 Å². The van der Waals surface area contributed by atoms with Crippen LogP contribution in [0.3, 0.4) is 0 Å². The second kappa shape index (κ2) is 7.72. The molecule has 2 aromatic carbocycles. The molecule has 0 aliphatic carbocycles. The molecule has 1 saturated heterocycles. The standard InChI is InChI=1S/C24H22N4O2/c29-23-15-28(24(30)17-5-7-20(8-6-17)27-12-11-25-16-27)14-19(23)13-18-9-10-26-22-4-2-1-3-21(18)22/h1-12,16,19,23,29H,13-15H2/t19-,23+/m1/s1. The van der Waals surface area contributed by atoms with E-state index in [0.29, 0.717) is 25.1 Å². The highest BCUT2D eigenvalue weighted by Crippen LogP contribution is 2.26. The van der Waals surface area contributed by atoms with E-state index >= 15 is 0 Å². The van der Waals surface area contributed by atoms with Gasteiger partial charge < -0.3 is 14.6 Å². The van der Waals surface area contributed by atoms with Gasteiger partial charge in [0.15, 0.2) is 0 Å². The molecule has 6 nitrogen and oxygen atoms in total. The summed E-state index contributed by atoms with van der Waals surface area (Å²) in [5.74, 6) is -0.0432. The van der Waals surface area contributed by atoms with Gasteiger partial charge in [0.1, 0.15) is 0 Å². The first-order valence-corrected chi connectivity index (χ1v) is 10.1. The molecular weight excluding hydrogens is 376 g/mol. The van der Waals surface area contributed by atoms with Crippen molar-refractivity contribution in [3.63, 3.8) is 0 Å². The zero-order valence-corrected chi connectivity index (χ0v) is 16.4. The van der Waals surface area contributed by atoms with Gasteiger partial charge in [-0.1, -0.05) is 18.2 Å². The summed E-state index contributed by atoms with van der Waals surface area (Å²) in [6, 6.07) is 17.5. The molecule has 1 aliphatic heterocycles. The van der Waals surface area contributed by atoms with Gasteiger partial charge in [0.05, 0.1) is 17.9 Å². The van der Waals surface area contributed by atoms with Crippen LogP contribution < -0.4 is 0 Å². The first kappa shape index (κ1) is 18.5. The smallest absolute Gasteiger partial charge is 0.253 e. The SMILES string of the molecule is O=C(c1ccc(-n2ccnc2)cc1)N1C[C@@H](Cc2ccnc3ccccc23)[C@@H](O)C1. The Hall–Kier alpha value is -3.51. The fraction of sp³-hybridized carbons (Fsp3) is 0.208. The number of fused-ring (bicyclic) bond motifs is 1. The minimum atomic E-state index is -0.536. The minimum absolute atomic E-state index is 0.00461. The summed E-state index contributed by atoms with van der Waals surface area (Å²) in [5, 5.41) is 11.7.